The zero-order valence-corrected chi connectivity index (χ0v) is 14.1. The fourth-order valence-corrected chi connectivity index (χ4v) is 3.12. The van der Waals surface area contributed by atoms with Crippen molar-refractivity contribution in [1.82, 2.24) is 14.5 Å². The Balaban J connectivity index is 1.95. The fraction of sp³-hybridized carbons (Fsp3) is 0.375. The van der Waals surface area contributed by atoms with Gasteiger partial charge in [-0.15, -0.1) is 11.8 Å². The summed E-state index contributed by atoms with van der Waals surface area (Å²) in [6.45, 7) is 1.40. The van der Waals surface area contributed by atoms with E-state index >= 15 is 0 Å². The standard InChI is InChI=1S/C16H19F2N3OS/c1-11-4-5-12(2)13(8-11)23-10-15(22)20(3)9-14-19-6-7-21(14)16(17)18/h4-8,16H,9-10H2,1-3H3. The normalized spacial score (nSPS) is 11.0. The SMILES string of the molecule is Cc1ccc(C)c(SCC(=O)N(C)Cc2nccn2C(F)F)c1. The van der Waals surface area contributed by atoms with Crippen molar-refractivity contribution >= 4 is 17.7 Å². The van der Waals surface area contributed by atoms with Gasteiger partial charge < -0.3 is 4.90 Å². The van der Waals surface area contributed by atoms with E-state index in [1.807, 2.05) is 32.0 Å². The van der Waals surface area contributed by atoms with Crippen LogP contribution in [0, 0.1) is 13.8 Å². The van der Waals surface area contributed by atoms with Gasteiger partial charge in [0, 0.05) is 24.3 Å². The second-order valence-electron chi connectivity index (χ2n) is 5.34. The third-order valence-corrected chi connectivity index (χ3v) is 4.60. The Kier molecular flexibility index (Phi) is 5.76. The number of amides is 1. The summed E-state index contributed by atoms with van der Waals surface area (Å²) in [5, 5.41) is 0. The topological polar surface area (TPSA) is 38.1 Å². The Hall–Kier alpha value is -1.89. The molecular formula is C16H19F2N3OS. The van der Waals surface area contributed by atoms with Gasteiger partial charge in [0.1, 0.15) is 5.82 Å². The number of benzene rings is 1. The average Bonchev–Trinajstić information content (AvgIpc) is 2.96. The molecule has 2 rings (SSSR count). The molecule has 7 heteroatoms. The molecule has 0 spiro atoms. The van der Waals surface area contributed by atoms with Crippen LogP contribution in [0.1, 0.15) is 23.5 Å². The highest BCUT2D eigenvalue weighted by Gasteiger charge is 2.16. The summed E-state index contributed by atoms with van der Waals surface area (Å²) in [6.07, 6.45) is 2.52. The first-order chi connectivity index (χ1) is 10.9. The molecule has 0 N–H and O–H groups in total. The summed E-state index contributed by atoms with van der Waals surface area (Å²) in [6, 6.07) is 6.08. The number of hydrogen-bond donors (Lipinski definition) is 0. The van der Waals surface area contributed by atoms with E-state index in [9.17, 15) is 13.6 Å². The molecule has 0 saturated carbocycles. The summed E-state index contributed by atoms with van der Waals surface area (Å²) >= 11 is 1.45. The summed E-state index contributed by atoms with van der Waals surface area (Å²) in [4.78, 5) is 18.6. The maximum absolute atomic E-state index is 12.8. The highest BCUT2D eigenvalue weighted by atomic mass is 32.2. The molecule has 1 aromatic heterocycles. The van der Waals surface area contributed by atoms with Crippen molar-refractivity contribution in [3.05, 3.63) is 47.5 Å². The first kappa shape index (κ1) is 17.5. The van der Waals surface area contributed by atoms with E-state index in [0.717, 1.165) is 20.6 Å². The largest absolute Gasteiger partial charge is 0.338 e. The number of rotatable bonds is 6. The predicted octanol–water partition coefficient (Wildman–Crippen LogP) is 3.65. The van der Waals surface area contributed by atoms with E-state index in [4.69, 9.17) is 0 Å². The van der Waals surface area contributed by atoms with Crippen LogP contribution in [-0.4, -0.2) is 33.2 Å². The minimum absolute atomic E-state index is 0.0591. The Labute approximate surface area is 138 Å². The van der Waals surface area contributed by atoms with Gasteiger partial charge in [0.05, 0.1) is 12.3 Å². The summed E-state index contributed by atoms with van der Waals surface area (Å²) in [7, 11) is 1.59. The van der Waals surface area contributed by atoms with Crippen molar-refractivity contribution in [2.45, 2.75) is 31.8 Å². The van der Waals surface area contributed by atoms with Gasteiger partial charge in [-0.25, -0.2) is 4.98 Å². The number of imidazole rings is 1. The molecular weight excluding hydrogens is 320 g/mol. The Morgan fingerprint density at radius 1 is 1.39 bits per heavy atom. The van der Waals surface area contributed by atoms with Crippen LogP contribution in [0.2, 0.25) is 0 Å². The molecule has 0 aliphatic carbocycles. The number of aromatic nitrogens is 2. The van der Waals surface area contributed by atoms with Crippen LogP contribution in [0.15, 0.2) is 35.5 Å². The van der Waals surface area contributed by atoms with Crippen molar-refractivity contribution in [2.24, 2.45) is 0 Å². The van der Waals surface area contributed by atoms with Crippen LogP contribution in [0.25, 0.3) is 0 Å². The van der Waals surface area contributed by atoms with Gasteiger partial charge in [-0.3, -0.25) is 9.36 Å². The zero-order valence-electron chi connectivity index (χ0n) is 13.3. The molecule has 0 unspecified atom stereocenters. The summed E-state index contributed by atoms with van der Waals surface area (Å²) in [5.74, 6) is 0.309. The van der Waals surface area contributed by atoms with Crippen LogP contribution in [-0.2, 0) is 11.3 Å². The van der Waals surface area contributed by atoms with E-state index in [2.05, 4.69) is 4.98 Å². The second kappa shape index (κ2) is 7.59. The molecule has 1 aromatic carbocycles. The van der Waals surface area contributed by atoms with E-state index < -0.39 is 6.55 Å². The van der Waals surface area contributed by atoms with E-state index in [1.54, 1.807) is 7.05 Å². The molecule has 2 aromatic rings. The minimum Gasteiger partial charge on any atom is -0.338 e. The molecule has 0 fully saturated rings. The van der Waals surface area contributed by atoms with Crippen molar-refractivity contribution in [1.29, 1.82) is 0 Å². The molecule has 0 aliphatic rings. The number of carbonyl (C=O) groups excluding carboxylic acids is 1. The van der Waals surface area contributed by atoms with Crippen LogP contribution in [0.4, 0.5) is 8.78 Å². The van der Waals surface area contributed by atoms with Crippen molar-refractivity contribution in [2.75, 3.05) is 12.8 Å². The second-order valence-corrected chi connectivity index (χ2v) is 6.35. The monoisotopic (exact) mass is 339 g/mol. The van der Waals surface area contributed by atoms with Crippen LogP contribution in [0.5, 0.6) is 0 Å². The number of thioether (sulfide) groups is 1. The zero-order chi connectivity index (χ0) is 17.0. The average molecular weight is 339 g/mol. The van der Waals surface area contributed by atoms with Gasteiger partial charge in [0.2, 0.25) is 5.91 Å². The molecule has 4 nitrogen and oxygen atoms in total. The summed E-state index contributed by atoms with van der Waals surface area (Å²) in [5.41, 5.74) is 2.25. The van der Waals surface area contributed by atoms with Gasteiger partial charge in [0.25, 0.3) is 0 Å². The summed E-state index contributed by atoms with van der Waals surface area (Å²) < 4.78 is 26.3. The lowest BCUT2D eigenvalue weighted by Crippen LogP contribution is -2.29. The van der Waals surface area contributed by atoms with Gasteiger partial charge in [0.15, 0.2) is 0 Å². The lowest BCUT2D eigenvalue weighted by Gasteiger charge is -2.17. The Bertz CT molecular complexity index is 688. The first-order valence-electron chi connectivity index (χ1n) is 7.12. The van der Waals surface area contributed by atoms with Crippen LogP contribution < -0.4 is 0 Å². The Morgan fingerprint density at radius 2 is 2.13 bits per heavy atom. The van der Waals surface area contributed by atoms with Gasteiger partial charge >= 0.3 is 6.55 Å². The number of halogens is 2. The van der Waals surface area contributed by atoms with E-state index in [1.165, 1.54) is 29.1 Å². The first-order valence-corrected chi connectivity index (χ1v) is 8.11. The molecule has 0 saturated heterocycles. The maximum atomic E-state index is 12.8. The molecule has 0 radical (unpaired) electrons. The van der Waals surface area contributed by atoms with Crippen molar-refractivity contribution < 1.29 is 13.6 Å². The van der Waals surface area contributed by atoms with E-state index in [-0.39, 0.29) is 24.0 Å². The quantitative estimate of drug-likeness (QED) is 0.754. The van der Waals surface area contributed by atoms with Gasteiger partial charge in [-0.2, -0.15) is 8.78 Å². The van der Waals surface area contributed by atoms with Gasteiger partial charge in [-0.05, 0) is 25.5 Å². The van der Waals surface area contributed by atoms with E-state index in [0.29, 0.717) is 0 Å². The molecule has 1 amide bonds. The molecule has 0 bridgehead atoms. The van der Waals surface area contributed by atoms with Crippen LogP contribution in [0.3, 0.4) is 0 Å². The van der Waals surface area contributed by atoms with Crippen molar-refractivity contribution in [3.63, 3.8) is 0 Å². The highest BCUT2D eigenvalue weighted by Crippen LogP contribution is 2.24. The van der Waals surface area contributed by atoms with Crippen LogP contribution >= 0.6 is 11.8 Å². The lowest BCUT2D eigenvalue weighted by atomic mass is 10.2. The number of carbonyl (C=O) groups is 1. The maximum Gasteiger partial charge on any atom is 0.319 e. The lowest BCUT2D eigenvalue weighted by molar-refractivity contribution is -0.127. The fourth-order valence-electron chi connectivity index (χ4n) is 2.06. The van der Waals surface area contributed by atoms with Gasteiger partial charge in [-0.1, -0.05) is 17.7 Å². The minimum atomic E-state index is -2.65. The third kappa shape index (κ3) is 4.54. The number of hydrogen-bond acceptors (Lipinski definition) is 3. The number of alkyl halides is 2. The van der Waals surface area contributed by atoms with Crippen molar-refractivity contribution in [3.8, 4) is 0 Å². The number of nitrogens with zero attached hydrogens (tertiary/aromatic N) is 3. The smallest absolute Gasteiger partial charge is 0.319 e. The third-order valence-electron chi connectivity index (χ3n) is 3.46. The molecule has 1 heterocycles. The highest BCUT2D eigenvalue weighted by molar-refractivity contribution is 8.00. The Morgan fingerprint density at radius 3 is 2.83 bits per heavy atom. The molecule has 0 aliphatic heterocycles. The molecule has 0 atom stereocenters. The molecule has 124 valence electrons. The number of aryl methyl sites for hydroxylation is 2. The predicted molar refractivity (Wildman–Crippen MR) is 86.6 cm³/mol. The molecule has 23 heavy (non-hydrogen) atoms.